The van der Waals surface area contributed by atoms with Gasteiger partial charge in [-0.3, -0.25) is 0 Å². The average molecular weight is 156 g/mol. The second kappa shape index (κ2) is 2.84. The topological polar surface area (TPSA) is 0 Å². The molecule has 0 saturated heterocycles. The Hall–Kier alpha value is -0.520. The minimum absolute atomic E-state index is 0.00683. The smallest absolute Gasteiger partial charge is 0.0352 e. The minimum Gasteiger partial charge on any atom is -0.0839 e. The Morgan fingerprint density at radius 1 is 1.64 bits per heavy atom. The predicted octanol–water partition coefficient (Wildman–Crippen LogP) is 3.31. The molecule has 2 atom stereocenters. The van der Waals surface area contributed by atoms with E-state index in [-0.39, 0.29) is 12.0 Å². The Morgan fingerprint density at radius 3 is 3.45 bits per heavy atom. The van der Waals surface area contributed by atoms with Gasteiger partial charge in [-0.2, -0.15) is 0 Å². The van der Waals surface area contributed by atoms with Gasteiger partial charge in [-0.05, 0) is 31.0 Å². The van der Waals surface area contributed by atoms with Gasteiger partial charge in [0.15, 0.2) is 0 Å². The molecule has 0 heteroatoms. The maximum atomic E-state index is 8.35. The molecular formula is C11H16. The van der Waals surface area contributed by atoms with Crippen LogP contribution >= 0.6 is 0 Å². The first kappa shape index (κ1) is 2.48. The van der Waals surface area contributed by atoms with Crippen LogP contribution < -0.4 is 0 Å². The van der Waals surface area contributed by atoms with Crippen LogP contribution in [0.3, 0.4) is 0 Å². The lowest BCUT2D eigenvalue weighted by atomic mass is 9.74. The minimum atomic E-state index is -2.93. The van der Waals surface area contributed by atoms with Crippen LogP contribution in [-0.4, -0.2) is 0 Å². The highest BCUT2D eigenvalue weighted by Gasteiger charge is 2.23. The van der Waals surface area contributed by atoms with Gasteiger partial charge in [0.25, 0.3) is 0 Å². The summed E-state index contributed by atoms with van der Waals surface area (Å²) < 4.78 is 64.1. The van der Waals surface area contributed by atoms with Crippen LogP contribution in [0.25, 0.3) is 0 Å². The molecule has 0 N–H and O–H groups in total. The Kier molecular flexibility index (Phi) is 0.642. The van der Waals surface area contributed by atoms with E-state index in [4.69, 9.17) is 11.0 Å². The van der Waals surface area contributed by atoms with E-state index in [1.807, 2.05) is 0 Å². The molecule has 0 aromatic carbocycles. The normalized spacial score (nSPS) is 74.1. The van der Waals surface area contributed by atoms with E-state index >= 15 is 0 Å². The molecule has 0 amide bonds. The van der Waals surface area contributed by atoms with Gasteiger partial charge in [0.2, 0.25) is 0 Å². The number of allylic oxidation sites excluding steroid dienone is 4. The van der Waals surface area contributed by atoms with Gasteiger partial charge < -0.3 is 0 Å². The molecule has 0 heterocycles. The number of fused-ring (bicyclic) bond motifs is 1. The monoisotopic (exact) mass is 156 g/mol. The largest absolute Gasteiger partial charge is 0.0839 e. The first-order valence-electron chi connectivity index (χ1n) is 7.72. The second-order valence-electron chi connectivity index (χ2n) is 2.69. The maximum Gasteiger partial charge on any atom is 0.0352 e. The summed E-state index contributed by atoms with van der Waals surface area (Å²) in [6.07, 6.45) is -3.93. The van der Waals surface area contributed by atoms with Gasteiger partial charge in [-0.15, -0.1) is 0 Å². The van der Waals surface area contributed by atoms with Crippen LogP contribution in [0.2, 0.25) is 0 Å². The van der Waals surface area contributed by atoms with E-state index in [2.05, 4.69) is 0 Å². The molecule has 1 saturated carbocycles. The van der Waals surface area contributed by atoms with E-state index < -0.39 is 30.9 Å². The van der Waals surface area contributed by atoms with E-state index in [1.165, 1.54) is 13.0 Å². The van der Waals surface area contributed by atoms with Crippen LogP contribution in [0.1, 0.15) is 43.4 Å². The predicted molar refractivity (Wildman–Crippen MR) is 48.3 cm³/mol. The molecule has 2 aliphatic rings. The standard InChI is InChI=1S/C11H16/c1-9-5-4-7-10-6-2-3-8-11(9)10/h2-3,8-10H,4-7H2,1H3/i4D2,5D2,7D2,9D,10D. The lowest BCUT2D eigenvalue weighted by Crippen LogP contribution is -2.18. The summed E-state index contributed by atoms with van der Waals surface area (Å²) in [5.74, 6) is -3.94. The van der Waals surface area contributed by atoms with E-state index in [1.54, 1.807) is 12.2 Å². The van der Waals surface area contributed by atoms with Gasteiger partial charge in [0.05, 0.1) is 0 Å². The van der Waals surface area contributed by atoms with Crippen molar-refractivity contribution in [2.24, 2.45) is 11.8 Å². The lowest BCUT2D eigenvalue weighted by Gasteiger charge is -2.31. The van der Waals surface area contributed by atoms with Crippen LogP contribution in [0, 0.1) is 11.8 Å². The van der Waals surface area contributed by atoms with Crippen LogP contribution in [-0.2, 0) is 0 Å². The maximum absolute atomic E-state index is 8.35. The molecule has 1 fully saturated rings. The van der Waals surface area contributed by atoms with Crippen molar-refractivity contribution in [3.8, 4) is 0 Å². The number of hydrogen-bond acceptors (Lipinski definition) is 0. The van der Waals surface area contributed by atoms with E-state index in [9.17, 15) is 0 Å². The van der Waals surface area contributed by atoms with Crippen molar-refractivity contribution in [1.82, 2.24) is 0 Å². The van der Waals surface area contributed by atoms with Crippen LogP contribution in [0.15, 0.2) is 23.8 Å². The SMILES string of the molecule is [2H]C1(C)C2=CC=CCC2([2H])C([2H])([2H])C([2H])([2H])C1([2H])[2H]. The van der Waals surface area contributed by atoms with Gasteiger partial charge in [0, 0.05) is 11.0 Å². The zero-order chi connectivity index (χ0) is 14.9. The molecular weight excluding hydrogens is 132 g/mol. The van der Waals surface area contributed by atoms with Crippen LogP contribution in [0.5, 0.6) is 0 Å². The zero-order valence-corrected chi connectivity index (χ0v) is 6.44. The van der Waals surface area contributed by atoms with Crippen molar-refractivity contribution in [1.29, 1.82) is 0 Å². The third-order valence-electron chi connectivity index (χ3n) is 1.91. The van der Waals surface area contributed by atoms with E-state index in [0.29, 0.717) is 0 Å². The summed E-state index contributed by atoms with van der Waals surface area (Å²) in [4.78, 5) is 0. The Morgan fingerprint density at radius 2 is 2.55 bits per heavy atom. The molecule has 0 radical (unpaired) electrons. The fourth-order valence-corrected chi connectivity index (χ4v) is 1.30. The average Bonchev–Trinajstić information content (AvgIpc) is 2.27. The van der Waals surface area contributed by atoms with Crippen molar-refractivity contribution in [2.45, 2.75) is 32.5 Å². The second-order valence-corrected chi connectivity index (χ2v) is 2.69. The Balaban J connectivity index is 2.79. The summed E-state index contributed by atoms with van der Waals surface area (Å²) in [7, 11) is 0. The Bertz CT molecular complexity index is 473. The number of hydrogen-bond donors (Lipinski definition) is 0. The third kappa shape index (κ3) is 1.26. The molecule has 2 unspecified atom stereocenters. The third-order valence-corrected chi connectivity index (χ3v) is 1.91. The molecule has 0 nitrogen and oxygen atoms in total. The molecule has 0 aromatic heterocycles. The summed E-state index contributed by atoms with van der Waals surface area (Å²) in [5.41, 5.74) is -0.00683. The molecule has 11 heavy (non-hydrogen) atoms. The lowest BCUT2D eigenvalue weighted by molar-refractivity contribution is 0.383. The summed E-state index contributed by atoms with van der Waals surface area (Å²) in [6, 6.07) is 0. The zero-order valence-electron chi connectivity index (χ0n) is 14.4. The van der Waals surface area contributed by atoms with Gasteiger partial charge in [-0.1, -0.05) is 37.1 Å². The molecule has 0 aromatic rings. The van der Waals surface area contributed by atoms with Gasteiger partial charge in [-0.25, -0.2) is 0 Å². The van der Waals surface area contributed by atoms with Crippen LogP contribution in [0.4, 0.5) is 0 Å². The van der Waals surface area contributed by atoms with Crippen molar-refractivity contribution in [2.75, 3.05) is 0 Å². The summed E-state index contributed by atoms with van der Waals surface area (Å²) >= 11 is 0. The molecule has 0 aliphatic heterocycles. The fraction of sp³-hybridized carbons (Fsp3) is 0.636. The Labute approximate surface area is 80.2 Å². The first-order chi connectivity index (χ1) is 8.34. The van der Waals surface area contributed by atoms with Crippen molar-refractivity contribution in [3.63, 3.8) is 0 Å². The highest BCUT2D eigenvalue weighted by Crippen LogP contribution is 2.37. The first-order valence-corrected chi connectivity index (χ1v) is 3.72. The molecule has 2 aliphatic carbocycles. The van der Waals surface area contributed by atoms with Crippen molar-refractivity contribution < 1.29 is 11.0 Å². The summed E-state index contributed by atoms with van der Waals surface area (Å²) in [6.45, 7) is 1.22. The molecule has 0 spiro atoms. The molecule has 2 rings (SSSR count). The van der Waals surface area contributed by atoms with Gasteiger partial charge >= 0.3 is 0 Å². The molecule has 60 valence electrons. The number of rotatable bonds is 0. The van der Waals surface area contributed by atoms with Crippen molar-refractivity contribution >= 4 is 0 Å². The highest BCUT2D eigenvalue weighted by molar-refractivity contribution is 5.23. The summed E-state index contributed by atoms with van der Waals surface area (Å²) in [5, 5.41) is 0. The van der Waals surface area contributed by atoms with Gasteiger partial charge in [0.1, 0.15) is 0 Å². The molecule has 0 bridgehead atoms. The quantitative estimate of drug-likeness (QED) is 0.505. The van der Waals surface area contributed by atoms with Crippen molar-refractivity contribution in [3.05, 3.63) is 23.8 Å². The highest BCUT2D eigenvalue weighted by atomic mass is 14.3. The fourth-order valence-electron chi connectivity index (χ4n) is 1.30. The van der Waals surface area contributed by atoms with E-state index in [0.717, 1.165) is 0 Å².